The van der Waals surface area contributed by atoms with Gasteiger partial charge >= 0.3 is 0 Å². The molecule has 8 nitrogen and oxygen atoms in total. The summed E-state index contributed by atoms with van der Waals surface area (Å²) in [6.45, 7) is 4.45. The number of aryl methyl sites for hydroxylation is 1. The fourth-order valence-electron chi connectivity index (χ4n) is 4.26. The summed E-state index contributed by atoms with van der Waals surface area (Å²) < 4.78 is 1.71. The number of aromatic amines is 1. The third kappa shape index (κ3) is 3.58. The van der Waals surface area contributed by atoms with Gasteiger partial charge in [-0.3, -0.25) is 19.5 Å². The maximum absolute atomic E-state index is 12.5. The molecule has 0 fully saturated rings. The summed E-state index contributed by atoms with van der Waals surface area (Å²) in [5.74, 6) is -0.180. The topological polar surface area (TPSA) is 95.4 Å². The largest absolute Gasteiger partial charge is 0.354 e. The van der Waals surface area contributed by atoms with Gasteiger partial charge in [0.15, 0.2) is 0 Å². The summed E-state index contributed by atoms with van der Waals surface area (Å²) in [6, 6.07) is 9.86. The minimum absolute atomic E-state index is 0.119. The van der Waals surface area contributed by atoms with Crippen LogP contribution in [0.3, 0.4) is 0 Å². The molecule has 0 bridgehead atoms. The molecule has 2 N–H and O–H groups in total. The number of nitrogens with zero attached hydrogens (tertiary/aromatic N) is 4. The summed E-state index contributed by atoms with van der Waals surface area (Å²) in [4.78, 5) is 33.8. The molecule has 0 spiro atoms. The highest BCUT2D eigenvalue weighted by atomic mass is 16.1. The van der Waals surface area contributed by atoms with Crippen LogP contribution in [0.25, 0.3) is 22.1 Å². The number of fused-ring (bicyclic) bond motifs is 3. The molecule has 0 saturated carbocycles. The number of H-pyrrole nitrogens is 1. The second-order valence-electron chi connectivity index (χ2n) is 8.12. The second-order valence-corrected chi connectivity index (χ2v) is 8.12. The van der Waals surface area contributed by atoms with Gasteiger partial charge in [0.2, 0.25) is 0 Å². The van der Waals surface area contributed by atoms with E-state index < -0.39 is 0 Å². The van der Waals surface area contributed by atoms with E-state index in [1.165, 1.54) is 5.57 Å². The Morgan fingerprint density at radius 1 is 1.22 bits per heavy atom. The van der Waals surface area contributed by atoms with E-state index in [-0.39, 0.29) is 11.5 Å². The van der Waals surface area contributed by atoms with Gasteiger partial charge in [0.25, 0.3) is 11.5 Å². The predicted molar refractivity (Wildman–Crippen MR) is 124 cm³/mol. The monoisotopic (exact) mass is 428 g/mol. The average Bonchev–Trinajstić information content (AvgIpc) is 3.21. The van der Waals surface area contributed by atoms with Crippen LogP contribution in [0.4, 0.5) is 0 Å². The van der Waals surface area contributed by atoms with Gasteiger partial charge in [0.1, 0.15) is 11.2 Å². The Kier molecular flexibility index (Phi) is 5.07. The smallest absolute Gasteiger partial charge is 0.274 e. The van der Waals surface area contributed by atoms with Crippen molar-refractivity contribution >= 4 is 28.0 Å². The van der Waals surface area contributed by atoms with E-state index in [1.54, 1.807) is 30.0 Å². The van der Waals surface area contributed by atoms with E-state index in [9.17, 15) is 9.59 Å². The fourth-order valence-corrected chi connectivity index (χ4v) is 4.26. The van der Waals surface area contributed by atoms with Crippen molar-refractivity contribution < 1.29 is 4.79 Å². The Hall–Kier alpha value is -3.78. The number of hydrogen-bond acceptors (Lipinski definition) is 5. The first kappa shape index (κ1) is 20.1. The van der Waals surface area contributed by atoms with E-state index in [2.05, 4.69) is 37.4 Å². The molecule has 0 unspecified atom stereocenters. The number of amides is 1. The molecule has 8 heteroatoms. The summed E-state index contributed by atoms with van der Waals surface area (Å²) in [5, 5.41) is 6.95. The van der Waals surface area contributed by atoms with E-state index in [0.29, 0.717) is 11.2 Å². The van der Waals surface area contributed by atoms with E-state index in [4.69, 9.17) is 0 Å². The number of carbonyl (C=O) groups excluding carboxylic acids is 1. The Labute approximate surface area is 184 Å². The van der Waals surface area contributed by atoms with Crippen LogP contribution in [-0.4, -0.2) is 50.5 Å². The summed E-state index contributed by atoms with van der Waals surface area (Å²) in [7, 11) is 1.60. The average molecular weight is 428 g/mol. The highest BCUT2D eigenvalue weighted by Crippen LogP contribution is 2.24. The maximum atomic E-state index is 12.5. The standard InChI is InChI=1S/C24H24N6O2/c1-15-12-27-30-21-6-3-16(11-20(21)28-24(32)22(15)30)14-29-9-7-17(8-10-29)18-4-5-19(26-13-18)23(31)25-2/h3-7,11-13H,8-10,14H2,1-2H3,(H,25,31)(H,28,32). The Morgan fingerprint density at radius 3 is 2.81 bits per heavy atom. The SMILES string of the molecule is CNC(=O)c1ccc(C2=CCN(Cc3ccc4c(c3)[nH]c(=O)c3c(C)cnn34)CC2)cn1. The molecule has 32 heavy (non-hydrogen) atoms. The molecule has 1 aromatic carbocycles. The number of aromatic nitrogens is 4. The molecule has 5 rings (SSSR count). The minimum atomic E-state index is -0.180. The van der Waals surface area contributed by atoms with Gasteiger partial charge in [-0.2, -0.15) is 5.10 Å². The van der Waals surface area contributed by atoms with Crippen molar-refractivity contribution in [2.75, 3.05) is 20.1 Å². The van der Waals surface area contributed by atoms with Crippen molar-refractivity contribution in [3.63, 3.8) is 0 Å². The van der Waals surface area contributed by atoms with Crippen LogP contribution < -0.4 is 10.9 Å². The van der Waals surface area contributed by atoms with Crippen molar-refractivity contribution in [1.82, 2.24) is 29.8 Å². The van der Waals surface area contributed by atoms with Crippen molar-refractivity contribution in [2.24, 2.45) is 0 Å². The number of rotatable bonds is 4. The lowest BCUT2D eigenvalue weighted by Gasteiger charge is -2.26. The highest BCUT2D eigenvalue weighted by Gasteiger charge is 2.15. The lowest BCUT2D eigenvalue weighted by molar-refractivity contribution is 0.0958. The quantitative estimate of drug-likeness (QED) is 0.521. The molecule has 0 atom stereocenters. The van der Waals surface area contributed by atoms with Gasteiger partial charge in [0, 0.05) is 38.4 Å². The Morgan fingerprint density at radius 2 is 2.09 bits per heavy atom. The molecule has 162 valence electrons. The third-order valence-corrected chi connectivity index (χ3v) is 6.00. The summed E-state index contributed by atoms with van der Waals surface area (Å²) in [5.41, 5.74) is 6.89. The van der Waals surface area contributed by atoms with Crippen LogP contribution in [0.2, 0.25) is 0 Å². The second kappa shape index (κ2) is 8.05. The maximum Gasteiger partial charge on any atom is 0.274 e. The van der Waals surface area contributed by atoms with Crippen LogP contribution in [0.5, 0.6) is 0 Å². The fraction of sp³-hybridized carbons (Fsp3) is 0.250. The number of nitrogens with one attached hydrogen (secondary N) is 2. The molecule has 1 aliphatic rings. The molecule has 1 aliphatic heterocycles. The number of pyridine rings is 1. The van der Waals surface area contributed by atoms with Crippen LogP contribution in [0, 0.1) is 6.92 Å². The highest BCUT2D eigenvalue weighted by molar-refractivity contribution is 5.92. The molecular formula is C24H24N6O2. The zero-order chi connectivity index (χ0) is 22.2. The number of benzene rings is 1. The molecule has 0 saturated heterocycles. The first-order valence-corrected chi connectivity index (χ1v) is 10.6. The van der Waals surface area contributed by atoms with Crippen LogP contribution in [0.15, 0.2) is 53.6 Å². The van der Waals surface area contributed by atoms with Crippen molar-refractivity contribution in [2.45, 2.75) is 19.9 Å². The summed E-state index contributed by atoms with van der Waals surface area (Å²) >= 11 is 0. The number of carbonyl (C=O) groups is 1. The zero-order valence-corrected chi connectivity index (χ0v) is 18.1. The van der Waals surface area contributed by atoms with E-state index >= 15 is 0 Å². The van der Waals surface area contributed by atoms with Gasteiger partial charge in [-0.1, -0.05) is 18.2 Å². The van der Waals surface area contributed by atoms with Gasteiger partial charge in [-0.05, 0) is 48.2 Å². The molecular weight excluding hydrogens is 404 g/mol. The lowest BCUT2D eigenvalue weighted by Crippen LogP contribution is -2.28. The Bertz CT molecular complexity index is 1410. The van der Waals surface area contributed by atoms with Gasteiger partial charge in [0.05, 0.1) is 17.2 Å². The van der Waals surface area contributed by atoms with Crippen molar-refractivity contribution in [3.8, 4) is 0 Å². The molecule has 0 radical (unpaired) electrons. The van der Waals surface area contributed by atoms with Gasteiger partial charge < -0.3 is 10.3 Å². The van der Waals surface area contributed by atoms with Crippen molar-refractivity contribution in [3.05, 3.63) is 81.5 Å². The normalized spacial score (nSPS) is 14.6. The molecule has 4 heterocycles. The van der Waals surface area contributed by atoms with Crippen molar-refractivity contribution in [1.29, 1.82) is 0 Å². The van der Waals surface area contributed by atoms with E-state index in [1.807, 2.05) is 25.1 Å². The van der Waals surface area contributed by atoms with Gasteiger partial charge in [-0.25, -0.2) is 4.52 Å². The minimum Gasteiger partial charge on any atom is -0.354 e. The third-order valence-electron chi connectivity index (χ3n) is 6.00. The molecule has 0 aliphatic carbocycles. The van der Waals surface area contributed by atoms with Crippen LogP contribution >= 0.6 is 0 Å². The van der Waals surface area contributed by atoms with E-state index in [0.717, 1.165) is 53.8 Å². The van der Waals surface area contributed by atoms with Crippen LogP contribution in [-0.2, 0) is 6.54 Å². The zero-order valence-electron chi connectivity index (χ0n) is 18.1. The Balaban J connectivity index is 1.32. The summed E-state index contributed by atoms with van der Waals surface area (Å²) in [6.07, 6.45) is 6.62. The first-order valence-electron chi connectivity index (χ1n) is 10.6. The molecule has 1 amide bonds. The molecule has 3 aromatic heterocycles. The van der Waals surface area contributed by atoms with Crippen LogP contribution in [0.1, 0.15) is 33.6 Å². The lowest BCUT2D eigenvalue weighted by atomic mass is 10.0. The van der Waals surface area contributed by atoms with Gasteiger partial charge in [-0.15, -0.1) is 0 Å². The molecule has 4 aromatic rings. The number of hydrogen-bond donors (Lipinski definition) is 2. The first-order chi connectivity index (χ1) is 15.5. The predicted octanol–water partition coefficient (Wildman–Crippen LogP) is 2.53.